The number of hydrogen-bond acceptors (Lipinski definition) is 5. The average molecular weight is 384 g/mol. The van der Waals surface area contributed by atoms with E-state index >= 15 is 0 Å². The van der Waals surface area contributed by atoms with Gasteiger partial charge in [-0.1, -0.05) is 48.5 Å². The quantitative estimate of drug-likeness (QED) is 0.822. The van der Waals surface area contributed by atoms with Crippen molar-refractivity contribution in [2.45, 2.75) is 12.0 Å². The Morgan fingerprint density at radius 1 is 1.14 bits per heavy atom. The van der Waals surface area contributed by atoms with Gasteiger partial charge in [0, 0.05) is 17.8 Å². The van der Waals surface area contributed by atoms with Gasteiger partial charge in [0.2, 0.25) is 11.8 Å². The van der Waals surface area contributed by atoms with Gasteiger partial charge in [0.05, 0.1) is 12.1 Å². The molecule has 7 heteroatoms. The summed E-state index contributed by atoms with van der Waals surface area (Å²) in [4.78, 5) is 28.3. The van der Waals surface area contributed by atoms with Gasteiger partial charge < -0.3 is 20.7 Å². The van der Waals surface area contributed by atoms with E-state index in [0.29, 0.717) is 23.6 Å². The highest BCUT2D eigenvalue weighted by Gasteiger charge is 2.61. The molecule has 3 N–H and O–H groups in total. The highest BCUT2D eigenvalue weighted by atomic mass is 16.5. The minimum absolute atomic E-state index is 0.0615. The van der Waals surface area contributed by atoms with Crippen LogP contribution in [0.25, 0.3) is 0 Å². The van der Waals surface area contributed by atoms with Crippen molar-refractivity contribution in [1.29, 1.82) is 5.26 Å². The standard InChI is InChI=1S/C22H16N4O3/c23-10-15-19(24)29-17-12-26(11-13-6-2-1-3-7-13)20(27)18(17)22(15)14-8-4-5-9-16(14)25-21(22)28/h1-9H,11-12,24H2,(H,25,28). The summed E-state index contributed by atoms with van der Waals surface area (Å²) in [5, 5.41) is 12.6. The van der Waals surface area contributed by atoms with E-state index in [1.807, 2.05) is 36.4 Å². The molecule has 0 saturated carbocycles. The maximum Gasteiger partial charge on any atom is 0.255 e. The molecule has 0 aliphatic carbocycles. The molecule has 0 saturated heterocycles. The van der Waals surface area contributed by atoms with Crippen LogP contribution in [0.1, 0.15) is 11.1 Å². The maximum absolute atomic E-state index is 13.5. The van der Waals surface area contributed by atoms with E-state index in [0.717, 1.165) is 5.56 Å². The third kappa shape index (κ3) is 2.17. The Morgan fingerprint density at radius 3 is 2.62 bits per heavy atom. The van der Waals surface area contributed by atoms with Crippen LogP contribution < -0.4 is 11.1 Å². The summed E-state index contributed by atoms with van der Waals surface area (Å²) < 4.78 is 5.67. The number of carbonyl (C=O) groups is 2. The molecule has 0 bridgehead atoms. The Morgan fingerprint density at radius 2 is 1.86 bits per heavy atom. The number of carbonyl (C=O) groups excluding carboxylic acids is 2. The van der Waals surface area contributed by atoms with Gasteiger partial charge in [0.1, 0.15) is 17.4 Å². The third-order valence-corrected chi connectivity index (χ3v) is 5.59. The maximum atomic E-state index is 13.5. The number of anilines is 1. The van der Waals surface area contributed by atoms with Crippen LogP contribution in [-0.4, -0.2) is 23.3 Å². The number of hydrogen-bond donors (Lipinski definition) is 2. The summed E-state index contributed by atoms with van der Waals surface area (Å²) >= 11 is 0. The molecule has 0 aromatic heterocycles. The highest BCUT2D eigenvalue weighted by Crippen LogP contribution is 2.53. The molecule has 2 aromatic rings. The Bertz CT molecular complexity index is 1180. The summed E-state index contributed by atoms with van der Waals surface area (Å²) in [5.74, 6) is -0.637. The van der Waals surface area contributed by atoms with Crippen LogP contribution >= 0.6 is 0 Å². The van der Waals surface area contributed by atoms with Gasteiger partial charge in [-0.05, 0) is 11.6 Å². The lowest BCUT2D eigenvalue weighted by molar-refractivity contribution is -0.128. The Hall–Kier alpha value is -4.05. The zero-order valence-electron chi connectivity index (χ0n) is 15.3. The molecule has 2 amide bonds. The minimum Gasteiger partial charge on any atom is -0.442 e. The molecule has 1 unspecified atom stereocenters. The first-order chi connectivity index (χ1) is 14.1. The van der Waals surface area contributed by atoms with E-state index in [1.54, 1.807) is 29.2 Å². The van der Waals surface area contributed by atoms with Crippen molar-refractivity contribution in [3.05, 3.63) is 88.5 Å². The molecule has 7 nitrogen and oxygen atoms in total. The lowest BCUT2D eigenvalue weighted by atomic mass is 9.68. The van der Waals surface area contributed by atoms with Gasteiger partial charge in [-0.25, -0.2) is 0 Å². The number of benzene rings is 2. The van der Waals surface area contributed by atoms with Crippen LogP contribution in [0, 0.1) is 11.3 Å². The Kier molecular flexibility index (Phi) is 3.52. The molecule has 1 atom stereocenters. The van der Waals surface area contributed by atoms with Crippen molar-refractivity contribution < 1.29 is 14.3 Å². The number of nitrogens with two attached hydrogens (primary N) is 1. The lowest BCUT2D eigenvalue weighted by Gasteiger charge is -2.32. The van der Waals surface area contributed by atoms with E-state index in [2.05, 4.69) is 5.32 Å². The van der Waals surface area contributed by atoms with Gasteiger partial charge in [0.15, 0.2) is 5.41 Å². The topological polar surface area (TPSA) is 108 Å². The molecule has 2 aromatic carbocycles. The number of nitrogens with zero attached hydrogens (tertiary/aromatic N) is 2. The van der Waals surface area contributed by atoms with E-state index in [9.17, 15) is 14.9 Å². The molecule has 3 aliphatic heterocycles. The van der Waals surface area contributed by atoms with Crippen molar-refractivity contribution in [2.24, 2.45) is 5.73 Å². The first-order valence-electron chi connectivity index (χ1n) is 9.13. The number of nitriles is 1. The van der Waals surface area contributed by atoms with E-state index in [-0.39, 0.29) is 29.5 Å². The molecular formula is C22H16N4O3. The molecular weight excluding hydrogens is 368 g/mol. The monoisotopic (exact) mass is 384 g/mol. The second-order valence-electron chi connectivity index (χ2n) is 7.15. The molecule has 29 heavy (non-hydrogen) atoms. The van der Waals surface area contributed by atoms with E-state index < -0.39 is 11.3 Å². The Labute approximate surface area is 166 Å². The summed E-state index contributed by atoms with van der Waals surface area (Å²) in [6, 6.07) is 18.6. The van der Waals surface area contributed by atoms with Gasteiger partial charge >= 0.3 is 0 Å². The van der Waals surface area contributed by atoms with Gasteiger partial charge in [-0.2, -0.15) is 5.26 Å². The fraction of sp³-hybridized carbons (Fsp3) is 0.136. The lowest BCUT2D eigenvalue weighted by Crippen LogP contribution is -2.45. The zero-order valence-corrected chi connectivity index (χ0v) is 15.3. The first kappa shape index (κ1) is 17.1. The second kappa shape index (κ2) is 5.97. The zero-order chi connectivity index (χ0) is 20.2. The molecule has 0 radical (unpaired) electrons. The van der Waals surface area contributed by atoms with Crippen molar-refractivity contribution in [2.75, 3.05) is 11.9 Å². The van der Waals surface area contributed by atoms with Crippen LogP contribution in [0.2, 0.25) is 0 Å². The molecule has 3 aliphatic rings. The summed E-state index contributed by atoms with van der Waals surface area (Å²) in [7, 11) is 0. The normalized spacial score (nSPS) is 22.4. The van der Waals surface area contributed by atoms with E-state index in [1.165, 1.54) is 0 Å². The van der Waals surface area contributed by atoms with Crippen LogP contribution in [0.3, 0.4) is 0 Å². The smallest absolute Gasteiger partial charge is 0.255 e. The van der Waals surface area contributed by atoms with Crippen LogP contribution in [-0.2, 0) is 26.3 Å². The fourth-order valence-electron chi connectivity index (χ4n) is 4.37. The Balaban J connectivity index is 1.66. The van der Waals surface area contributed by atoms with Crippen molar-refractivity contribution in [1.82, 2.24) is 4.90 Å². The molecule has 0 fully saturated rings. The van der Waals surface area contributed by atoms with Crippen molar-refractivity contribution in [3.8, 4) is 6.07 Å². The average Bonchev–Trinajstić information content (AvgIpc) is 3.18. The second-order valence-corrected chi connectivity index (χ2v) is 7.15. The van der Waals surface area contributed by atoms with Crippen LogP contribution in [0.5, 0.6) is 0 Å². The molecule has 3 heterocycles. The van der Waals surface area contributed by atoms with Crippen molar-refractivity contribution >= 4 is 17.5 Å². The van der Waals surface area contributed by atoms with Crippen LogP contribution in [0.15, 0.2) is 77.4 Å². The fourth-order valence-corrected chi connectivity index (χ4v) is 4.37. The summed E-state index contributed by atoms with van der Waals surface area (Å²) in [6.45, 7) is 0.539. The molecule has 142 valence electrons. The summed E-state index contributed by atoms with van der Waals surface area (Å²) in [5.41, 5.74) is 6.61. The number of amides is 2. The number of fused-ring (bicyclic) bond motifs is 3. The van der Waals surface area contributed by atoms with Gasteiger partial charge in [-0.15, -0.1) is 0 Å². The van der Waals surface area contributed by atoms with Crippen LogP contribution in [0.4, 0.5) is 5.69 Å². The van der Waals surface area contributed by atoms with Crippen molar-refractivity contribution in [3.63, 3.8) is 0 Å². The number of ether oxygens (including phenoxy) is 1. The minimum atomic E-state index is -1.59. The predicted molar refractivity (Wildman–Crippen MR) is 104 cm³/mol. The summed E-state index contributed by atoms with van der Waals surface area (Å²) in [6.07, 6.45) is 0. The SMILES string of the molecule is N#CC1=C(N)OC2=C(C(=O)N(Cc3ccccc3)C2)C12C(=O)Nc1ccccc12. The molecule has 5 rings (SSSR count). The number of nitrogens with one attached hydrogen (secondary N) is 1. The number of rotatable bonds is 2. The third-order valence-electron chi connectivity index (χ3n) is 5.59. The van der Waals surface area contributed by atoms with E-state index in [4.69, 9.17) is 10.5 Å². The first-order valence-corrected chi connectivity index (χ1v) is 9.13. The number of para-hydroxylation sites is 1. The van der Waals surface area contributed by atoms with Gasteiger partial charge in [0.25, 0.3) is 5.91 Å². The van der Waals surface area contributed by atoms with Gasteiger partial charge in [-0.3, -0.25) is 9.59 Å². The molecule has 1 spiro atoms. The highest BCUT2D eigenvalue weighted by molar-refractivity contribution is 6.19. The largest absolute Gasteiger partial charge is 0.442 e. The predicted octanol–water partition coefficient (Wildman–Crippen LogP) is 1.90.